The summed E-state index contributed by atoms with van der Waals surface area (Å²) in [7, 11) is 1.62. The third-order valence-corrected chi connectivity index (χ3v) is 2.28. The van der Waals surface area contributed by atoms with E-state index in [4.69, 9.17) is 29.9 Å². The quantitative estimate of drug-likeness (QED) is 0.187. The lowest BCUT2D eigenvalue weighted by Crippen LogP contribution is -2.16. The van der Waals surface area contributed by atoms with Crippen molar-refractivity contribution in [2.75, 3.05) is 46.8 Å². The van der Waals surface area contributed by atoms with E-state index in [0.717, 1.165) is 0 Å². The smallest absolute Gasteiger partial charge is 0.232 e. The van der Waals surface area contributed by atoms with Gasteiger partial charge in [0.05, 0.1) is 45.4 Å². The van der Waals surface area contributed by atoms with Gasteiger partial charge in [-0.15, -0.1) is 0 Å². The maximum Gasteiger partial charge on any atom is 0.232 e. The highest BCUT2D eigenvalue weighted by Crippen LogP contribution is 2.03. The van der Waals surface area contributed by atoms with Crippen LogP contribution in [-0.4, -0.2) is 67.8 Å². The minimum atomic E-state index is -0.106. The van der Waals surface area contributed by atoms with Gasteiger partial charge in [0.1, 0.15) is 12.3 Å². The number of nitrogens with zero attached hydrogens (tertiary/aromatic N) is 3. The van der Waals surface area contributed by atoms with E-state index in [1.165, 1.54) is 12.4 Å². The van der Waals surface area contributed by atoms with Crippen LogP contribution in [-0.2, 0) is 14.2 Å². The zero-order valence-electron chi connectivity index (χ0n) is 11.9. The van der Waals surface area contributed by atoms with E-state index in [2.05, 4.69) is 15.1 Å². The first-order valence-electron chi connectivity index (χ1n) is 6.35. The molecule has 21 heavy (non-hydrogen) atoms. The zero-order chi connectivity index (χ0) is 15.3. The minimum absolute atomic E-state index is 0.106. The van der Waals surface area contributed by atoms with Gasteiger partial charge in [0.25, 0.3) is 0 Å². The van der Waals surface area contributed by atoms with Crippen LogP contribution in [0.5, 0.6) is 5.88 Å². The number of methoxy groups -OCH3 is 1. The SMILES string of the molecule is COCCOCCOCCOc1cnc(C(N)=NO)cn1. The van der Waals surface area contributed by atoms with Crippen LogP contribution in [0.1, 0.15) is 5.69 Å². The lowest BCUT2D eigenvalue weighted by Gasteiger charge is -2.07. The number of amidine groups is 1. The second-order valence-electron chi connectivity index (χ2n) is 3.79. The van der Waals surface area contributed by atoms with Gasteiger partial charge >= 0.3 is 0 Å². The van der Waals surface area contributed by atoms with E-state index in [0.29, 0.717) is 45.5 Å². The van der Waals surface area contributed by atoms with E-state index < -0.39 is 0 Å². The molecular weight excluding hydrogens is 280 g/mol. The lowest BCUT2D eigenvalue weighted by atomic mass is 10.4. The van der Waals surface area contributed by atoms with Crippen molar-refractivity contribution in [3.63, 3.8) is 0 Å². The standard InChI is InChI=1S/C12H20N4O5/c1-18-2-3-19-4-5-20-6-7-21-11-9-14-10(8-15-11)12(13)16-17/h8-9,17H,2-7H2,1H3,(H2,13,16). The molecule has 0 aromatic carbocycles. The predicted octanol–water partition coefficient (Wildman–Crippen LogP) is -0.370. The van der Waals surface area contributed by atoms with Crippen LogP contribution in [0.3, 0.4) is 0 Å². The molecule has 0 saturated carbocycles. The molecule has 0 amide bonds. The van der Waals surface area contributed by atoms with Gasteiger partial charge in [0, 0.05) is 7.11 Å². The summed E-state index contributed by atoms with van der Waals surface area (Å²) in [5.74, 6) is 0.232. The molecule has 0 radical (unpaired) electrons. The van der Waals surface area contributed by atoms with Crippen LogP contribution in [0, 0.1) is 0 Å². The van der Waals surface area contributed by atoms with Gasteiger partial charge in [-0.3, -0.25) is 0 Å². The molecule has 0 aliphatic rings. The Bertz CT molecular complexity index is 413. The summed E-state index contributed by atoms with van der Waals surface area (Å²) in [6, 6.07) is 0. The Labute approximate surface area is 122 Å². The topological polar surface area (TPSA) is 121 Å². The zero-order valence-corrected chi connectivity index (χ0v) is 11.9. The Morgan fingerprint density at radius 1 is 1.10 bits per heavy atom. The van der Waals surface area contributed by atoms with E-state index in [1.54, 1.807) is 7.11 Å². The van der Waals surface area contributed by atoms with Gasteiger partial charge in [-0.05, 0) is 0 Å². The third kappa shape index (κ3) is 7.40. The first kappa shape index (κ1) is 17.1. The molecule has 0 aliphatic carbocycles. The van der Waals surface area contributed by atoms with Crippen LogP contribution < -0.4 is 10.5 Å². The van der Waals surface area contributed by atoms with Gasteiger partial charge < -0.3 is 29.9 Å². The second-order valence-corrected chi connectivity index (χ2v) is 3.79. The highest BCUT2D eigenvalue weighted by Gasteiger charge is 2.02. The van der Waals surface area contributed by atoms with Crippen molar-refractivity contribution in [1.29, 1.82) is 0 Å². The maximum absolute atomic E-state index is 8.48. The largest absolute Gasteiger partial charge is 0.474 e. The summed E-state index contributed by atoms with van der Waals surface area (Å²) in [6.07, 6.45) is 2.75. The van der Waals surface area contributed by atoms with Crippen molar-refractivity contribution in [2.24, 2.45) is 10.9 Å². The summed E-state index contributed by atoms with van der Waals surface area (Å²) in [5.41, 5.74) is 5.63. The van der Waals surface area contributed by atoms with Crippen molar-refractivity contribution in [1.82, 2.24) is 9.97 Å². The normalized spacial score (nSPS) is 11.6. The average Bonchev–Trinajstić information content (AvgIpc) is 2.53. The van der Waals surface area contributed by atoms with Crippen LogP contribution in [0.25, 0.3) is 0 Å². The van der Waals surface area contributed by atoms with Crippen molar-refractivity contribution >= 4 is 5.84 Å². The fourth-order valence-electron chi connectivity index (χ4n) is 1.24. The summed E-state index contributed by atoms with van der Waals surface area (Å²) in [6.45, 7) is 2.88. The molecule has 1 heterocycles. The first-order chi connectivity index (χ1) is 10.3. The molecule has 9 nitrogen and oxygen atoms in total. The molecule has 1 aromatic rings. The van der Waals surface area contributed by atoms with Crippen molar-refractivity contribution in [3.8, 4) is 5.88 Å². The number of hydrogen-bond donors (Lipinski definition) is 2. The highest BCUT2D eigenvalue weighted by molar-refractivity contribution is 5.94. The Morgan fingerprint density at radius 3 is 2.33 bits per heavy atom. The Hall–Kier alpha value is -1.97. The number of oxime groups is 1. The lowest BCUT2D eigenvalue weighted by molar-refractivity contribution is 0.0176. The maximum atomic E-state index is 8.48. The summed E-state index contributed by atoms with van der Waals surface area (Å²) in [4.78, 5) is 7.89. The van der Waals surface area contributed by atoms with Gasteiger partial charge in [0.15, 0.2) is 5.84 Å². The molecule has 0 unspecified atom stereocenters. The first-order valence-corrected chi connectivity index (χ1v) is 6.35. The van der Waals surface area contributed by atoms with Crippen LogP contribution in [0.15, 0.2) is 17.5 Å². The van der Waals surface area contributed by atoms with Crippen molar-refractivity contribution in [2.45, 2.75) is 0 Å². The molecule has 1 aromatic heterocycles. The molecule has 0 fully saturated rings. The number of nitrogens with two attached hydrogens (primary N) is 1. The number of ether oxygens (including phenoxy) is 4. The predicted molar refractivity (Wildman–Crippen MR) is 73.6 cm³/mol. The van der Waals surface area contributed by atoms with Gasteiger partial charge in [-0.2, -0.15) is 0 Å². The second kappa shape index (κ2) is 10.8. The Kier molecular flexibility index (Phi) is 8.76. The Balaban J connectivity index is 2.08. The van der Waals surface area contributed by atoms with Crippen LogP contribution >= 0.6 is 0 Å². The van der Waals surface area contributed by atoms with Crippen LogP contribution in [0.4, 0.5) is 0 Å². The van der Waals surface area contributed by atoms with E-state index in [1.807, 2.05) is 0 Å². The summed E-state index contributed by atoms with van der Waals surface area (Å²) in [5, 5.41) is 11.3. The van der Waals surface area contributed by atoms with E-state index >= 15 is 0 Å². The monoisotopic (exact) mass is 300 g/mol. The van der Waals surface area contributed by atoms with E-state index in [9.17, 15) is 0 Å². The van der Waals surface area contributed by atoms with Crippen molar-refractivity contribution < 1.29 is 24.2 Å². The van der Waals surface area contributed by atoms with Crippen molar-refractivity contribution in [3.05, 3.63) is 18.1 Å². The van der Waals surface area contributed by atoms with Gasteiger partial charge in [-0.1, -0.05) is 5.16 Å². The van der Waals surface area contributed by atoms with Gasteiger partial charge in [0.2, 0.25) is 5.88 Å². The summed E-state index contributed by atoms with van der Waals surface area (Å²) >= 11 is 0. The molecule has 0 saturated heterocycles. The molecule has 118 valence electrons. The number of hydrogen-bond acceptors (Lipinski definition) is 8. The third-order valence-electron chi connectivity index (χ3n) is 2.28. The molecule has 0 atom stereocenters. The molecule has 9 heteroatoms. The van der Waals surface area contributed by atoms with E-state index in [-0.39, 0.29) is 11.5 Å². The fraction of sp³-hybridized carbons (Fsp3) is 0.583. The molecule has 3 N–H and O–H groups in total. The summed E-state index contributed by atoms with van der Waals surface area (Å²) < 4.78 is 20.7. The number of aromatic nitrogens is 2. The molecule has 0 bridgehead atoms. The molecule has 0 aliphatic heterocycles. The molecule has 1 rings (SSSR count). The number of rotatable bonds is 11. The average molecular weight is 300 g/mol. The van der Waals surface area contributed by atoms with Gasteiger partial charge in [-0.25, -0.2) is 9.97 Å². The minimum Gasteiger partial charge on any atom is -0.474 e. The molecule has 0 spiro atoms. The highest BCUT2D eigenvalue weighted by atomic mass is 16.6. The fourth-order valence-corrected chi connectivity index (χ4v) is 1.24. The molecular formula is C12H20N4O5. The Morgan fingerprint density at radius 2 is 1.76 bits per heavy atom. The van der Waals surface area contributed by atoms with Crippen LogP contribution in [0.2, 0.25) is 0 Å².